The summed E-state index contributed by atoms with van der Waals surface area (Å²) in [6.45, 7) is 6.56. The molecule has 0 aliphatic heterocycles. The van der Waals surface area contributed by atoms with Gasteiger partial charge in [0.2, 0.25) is 0 Å². The fourth-order valence-electron chi connectivity index (χ4n) is 1.88. The van der Waals surface area contributed by atoms with Gasteiger partial charge in [0.15, 0.2) is 0 Å². The molecular weight excluding hydrogens is 250 g/mol. The zero-order valence-corrected chi connectivity index (χ0v) is 12.3. The second-order valence-corrected chi connectivity index (χ2v) is 4.34. The standard InChI is InChI=1S/C14H17N.C2H4O.CH2O/c1-12-7-5-6-10-14(12)15-11-13-8-3-2-4-9-13;1-2-3;1-2/h5-7,10,13,15H,2-3,8,11H2,1H3;2H,1H3;1H2/t13-;;/m1../s1. The molecule has 0 radical (unpaired) electrons. The van der Waals surface area contributed by atoms with E-state index < -0.39 is 0 Å². The van der Waals surface area contributed by atoms with Gasteiger partial charge in [-0.1, -0.05) is 24.1 Å². The van der Waals surface area contributed by atoms with Crippen LogP contribution in [0.3, 0.4) is 0 Å². The van der Waals surface area contributed by atoms with Gasteiger partial charge in [-0.05, 0) is 38.3 Å². The molecule has 0 bridgehead atoms. The van der Waals surface area contributed by atoms with Crippen molar-refractivity contribution in [2.75, 3.05) is 11.9 Å². The van der Waals surface area contributed by atoms with Crippen molar-refractivity contribution in [2.45, 2.75) is 33.1 Å². The molecule has 1 aliphatic rings. The van der Waals surface area contributed by atoms with E-state index in [0.29, 0.717) is 5.92 Å². The molecule has 1 aromatic rings. The molecule has 0 heterocycles. The number of carbonyl (C=O) groups excluding carboxylic acids is 2. The summed E-state index contributed by atoms with van der Waals surface area (Å²) in [6.07, 6.45) is 4.33. The van der Waals surface area contributed by atoms with Crippen molar-refractivity contribution in [2.24, 2.45) is 5.92 Å². The van der Waals surface area contributed by atoms with Crippen LogP contribution in [0.2, 0.25) is 0 Å². The van der Waals surface area contributed by atoms with E-state index in [4.69, 9.17) is 9.59 Å². The van der Waals surface area contributed by atoms with E-state index in [-0.39, 0.29) is 0 Å². The SMILES string of the molecule is C=O.CC=O.Cc1ccccc1NC[C@H]1C#CCCC1. The van der Waals surface area contributed by atoms with Crippen LogP contribution in [0.1, 0.15) is 31.7 Å². The van der Waals surface area contributed by atoms with E-state index in [2.05, 4.69) is 48.3 Å². The lowest BCUT2D eigenvalue weighted by Crippen LogP contribution is -2.14. The van der Waals surface area contributed by atoms with Gasteiger partial charge < -0.3 is 14.9 Å². The fourth-order valence-corrected chi connectivity index (χ4v) is 1.88. The monoisotopic (exact) mass is 273 g/mol. The smallest absolute Gasteiger partial charge is 0.116 e. The van der Waals surface area contributed by atoms with Gasteiger partial charge in [-0.2, -0.15) is 0 Å². The predicted octanol–water partition coefficient (Wildman–Crippen LogP) is 3.23. The maximum absolute atomic E-state index is 8.81. The summed E-state index contributed by atoms with van der Waals surface area (Å²) in [4.78, 5) is 16.8. The molecular formula is C17H23NO2. The lowest BCUT2D eigenvalue weighted by molar-refractivity contribution is -0.106. The molecule has 1 aromatic carbocycles. The molecule has 0 spiro atoms. The second-order valence-electron chi connectivity index (χ2n) is 4.34. The summed E-state index contributed by atoms with van der Waals surface area (Å²) < 4.78 is 0. The quantitative estimate of drug-likeness (QED) is 0.679. The molecule has 0 unspecified atom stereocenters. The minimum Gasteiger partial charge on any atom is -0.384 e. The molecule has 0 aromatic heterocycles. The molecule has 20 heavy (non-hydrogen) atoms. The van der Waals surface area contributed by atoms with E-state index in [1.165, 1.54) is 31.0 Å². The zero-order valence-electron chi connectivity index (χ0n) is 12.3. The molecule has 3 heteroatoms. The predicted molar refractivity (Wildman–Crippen MR) is 83.6 cm³/mol. The van der Waals surface area contributed by atoms with Gasteiger partial charge >= 0.3 is 0 Å². The number of aldehydes is 1. The lowest BCUT2D eigenvalue weighted by Gasteiger charge is -2.15. The minimum absolute atomic E-state index is 0.540. The largest absolute Gasteiger partial charge is 0.384 e. The van der Waals surface area contributed by atoms with Gasteiger partial charge in [-0.3, -0.25) is 0 Å². The van der Waals surface area contributed by atoms with Crippen LogP contribution in [-0.2, 0) is 9.59 Å². The van der Waals surface area contributed by atoms with Crippen molar-refractivity contribution >= 4 is 18.8 Å². The molecule has 1 aliphatic carbocycles. The average molecular weight is 273 g/mol. The van der Waals surface area contributed by atoms with Crippen LogP contribution in [0.5, 0.6) is 0 Å². The van der Waals surface area contributed by atoms with Gasteiger partial charge in [-0.25, -0.2) is 0 Å². The first kappa shape index (κ1) is 17.9. The fraction of sp³-hybridized carbons (Fsp3) is 0.412. The number of nitrogens with one attached hydrogen (secondary N) is 1. The highest BCUT2D eigenvalue weighted by atomic mass is 16.1. The third-order valence-electron chi connectivity index (χ3n) is 2.84. The Balaban J connectivity index is 0.000000641. The van der Waals surface area contributed by atoms with Crippen LogP contribution in [0.25, 0.3) is 0 Å². The Morgan fingerprint density at radius 2 is 2.05 bits per heavy atom. The Bertz CT molecular complexity index is 446. The first-order chi connectivity index (χ1) is 9.77. The molecule has 2 rings (SSSR count). The summed E-state index contributed by atoms with van der Waals surface area (Å²) in [5, 5.41) is 3.48. The van der Waals surface area contributed by atoms with Crippen molar-refractivity contribution < 1.29 is 9.59 Å². The van der Waals surface area contributed by atoms with Crippen LogP contribution < -0.4 is 5.32 Å². The number of aryl methyl sites for hydroxylation is 1. The first-order valence-corrected chi connectivity index (χ1v) is 6.74. The Hall–Kier alpha value is -2.08. The van der Waals surface area contributed by atoms with Crippen LogP contribution in [0.4, 0.5) is 5.69 Å². The lowest BCUT2D eigenvalue weighted by atomic mass is 9.98. The van der Waals surface area contributed by atoms with Gasteiger partial charge in [0.1, 0.15) is 13.1 Å². The van der Waals surface area contributed by atoms with E-state index in [1.807, 2.05) is 6.79 Å². The highest BCUT2D eigenvalue weighted by molar-refractivity contribution is 5.50. The number of anilines is 1. The molecule has 1 atom stereocenters. The second kappa shape index (κ2) is 12.0. The molecule has 108 valence electrons. The van der Waals surface area contributed by atoms with Crippen molar-refractivity contribution in [1.29, 1.82) is 0 Å². The number of benzene rings is 1. The van der Waals surface area contributed by atoms with Crippen LogP contribution in [0, 0.1) is 24.7 Å². The Labute approximate surface area is 121 Å². The van der Waals surface area contributed by atoms with Crippen molar-refractivity contribution in [3.8, 4) is 11.8 Å². The Morgan fingerprint density at radius 3 is 2.60 bits per heavy atom. The summed E-state index contributed by atoms with van der Waals surface area (Å²) in [5.41, 5.74) is 2.55. The summed E-state index contributed by atoms with van der Waals surface area (Å²) in [7, 11) is 0. The van der Waals surface area contributed by atoms with Crippen molar-refractivity contribution in [3.63, 3.8) is 0 Å². The molecule has 0 fully saturated rings. The molecule has 0 amide bonds. The highest BCUT2D eigenvalue weighted by Gasteiger charge is 2.07. The normalized spacial score (nSPS) is 15.2. The topological polar surface area (TPSA) is 46.2 Å². The number of hydrogen-bond acceptors (Lipinski definition) is 3. The van der Waals surface area contributed by atoms with Crippen LogP contribution in [0.15, 0.2) is 24.3 Å². The summed E-state index contributed by atoms with van der Waals surface area (Å²) in [5.74, 6) is 7.03. The van der Waals surface area contributed by atoms with Gasteiger partial charge in [-0.15, -0.1) is 5.92 Å². The minimum atomic E-state index is 0.540. The molecule has 0 saturated carbocycles. The Morgan fingerprint density at radius 1 is 1.40 bits per heavy atom. The molecule has 1 N–H and O–H groups in total. The van der Waals surface area contributed by atoms with Crippen molar-refractivity contribution in [1.82, 2.24) is 0 Å². The van der Waals surface area contributed by atoms with Crippen LogP contribution >= 0.6 is 0 Å². The van der Waals surface area contributed by atoms with E-state index >= 15 is 0 Å². The third kappa shape index (κ3) is 7.38. The number of para-hydroxylation sites is 1. The van der Waals surface area contributed by atoms with Gasteiger partial charge in [0, 0.05) is 24.6 Å². The number of hydrogen-bond donors (Lipinski definition) is 1. The Kier molecular flexibility index (Phi) is 10.7. The molecule has 0 saturated heterocycles. The van der Waals surface area contributed by atoms with Gasteiger partial charge in [0.05, 0.1) is 0 Å². The zero-order chi connectivity index (χ0) is 15.2. The maximum Gasteiger partial charge on any atom is 0.116 e. The molecule has 3 nitrogen and oxygen atoms in total. The van der Waals surface area contributed by atoms with E-state index in [0.717, 1.165) is 19.3 Å². The maximum atomic E-state index is 8.81. The average Bonchev–Trinajstić information content (AvgIpc) is 2.50. The van der Waals surface area contributed by atoms with E-state index in [1.54, 1.807) is 0 Å². The summed E-state index contributed by atoms with van der Waals surface area (Å²) >= 11 is 0. The van der Waals surface area contributed by atoms with Crippen molar-refractivity contribution in [3.05, 3.63) is 29.8 Å². The number of rotatable bonds is 3. The van der Waals surface area contributed by atoms with E-state index in [9.17, 15) is 0 Å². The van der Waals surface area contributed by atoms with Gasteiger partial charge in [0.25, 0.3) is 0 Å². The highest BCUT2D eigenvalue weighted by Crippen LogP contribution is 2.16. The number of carbonyl (C=O) groups is 2. The van der Waals surface area contributed by atoms with Crippen LogP contribution in [-0.4, -0.2) is 19.6 Å². The summed E-state index contributed by atoms with van der Waals surface area (Å²) in [6, 6.07) is 8.41. The first-order valence-electron chi connectivity index (χ1n) is 6.74. The third-order valence-corrected chi connectivity index (χ3v) is 2.84.